The Morgan fingerprint density at radius 1 is 1.22 bits per heavy atom. The number of amides is 3. The summed E-state index contributed by atoms with van der Waals surface area (Å²) in [7, 11) is 0. The van der Waals surface area contributed by atoms with Gasteiger partial charge in [-0.15, -0.1) is 0 Å². The van der Waals surface area contributed by atoms with Gasteiger partial charge in [-0.25, -0.2) is 0 Å². The molecule has 3 amide bonds. The molecule has 0 aromatic carbocycles. The molecular weight excluding hydrogens is 296 g/mol. The van der Waals surface area contributed by atoms with Crippen LogP contribution in [0.1, 0.15) is 23.4 Å². The fourth-order valence-corrected chi connectivity index (χ4v) is 4.12. The second-order valence-electron chi connectivity index (χ2n) is 6.41. The number of hydrogen-bond acceptors (Lipinski definition) is 4. The monoisotopic (exact) mass is 314 g/mol. The maximum absolute atomic E-state index is 12.5. The summed E-state index contributed by atoms with van der Waals surface area (Å²) in [4.78, 5) is 38.1. The molecule has 6 heteroatoms. The summed E-state index contributed by atoms with van der Waals surface area (Å²) < 4.78 is 5.00. The van der Waals surface area contributed by atoms with Crippen molar-refractivity contribution in [2.24, 2.45) is 23.7 Å². The van der Waals surface area contributed by atoms with E-state index in [1.54, 1.807) is 12.1 Å². The van der Waals surface area contributed by atoms with Crippen LogP contribution in [0, 0.1) is 23.7 Å². The lowest BCUT2D eigenvalue weighted by Gasteiger charge is -2.17. The van der Waals surface area contributed by atoms with Crippen molar-refractivity contribution in [2.75, 3.05) is 13.1 Å². The molecule has 0 radical (unpaired) electrons. The molecule has 0 unspecified atom stereocenters. The molecule has 1 aromatic heterocycles. The van der Waals surface area contributed by atoms with Gasteiger partial charge in [-0.05, 0) is 36.8 Å². The van der Waals surface area contributed by atoms with E-state index in [0.717, 1.165) is 6.42 Å². The largest absolute Gasteiger partial charge is 0.459 e. The number of hydrogen-bond donors (Lipinski definition) is 1. The molecule has 3 aliphatic rings. The number of nitrogens with zero attached hydrogens (tertiary/aromatic N) is 1. The van der Waals surface area contributed by atoms with Gasteiger partial charge in [0.05, 0.1) is 18.1 Å². The van der Waals surface area contributed by atoms with Crippen LogP contribution in [0.2, 0.25) is 0 Å². The Kier molecular flexibility index (Phi) is 3.32. The van der Waals surface area contributed by atoms with E-state index in [0.29, 0.717) is 19.5 Å². The zero-order chi connectivity index (χ0) is 16.0. The average Bonchev–Trinajstić information content (AvgIpc) is 3.30. The van der Waals surface area contributed by atoms with E-state index in [9.17, 15) is 14.4 Å². The summed E-state index contributed by atoms with van der Waals surface area (Å²) in [6.07, 6.45) is 7.11. The number of furan rings is 1. The molecule has 1 aromatic rings. The molecule has 23 heavy (non-hydrogen) atoms. The number of carbonyl (C=O) groups is 3. The van der Waals surface area contributed by atoms with E-state index < -0.39 is 0 Å². The number of likely N-dealkylation sites (tertiary alicyclic amines) is 1. The highest BCUT2D eigenvalue weighted by Gasteiger charge is 2.58. The van der Waals surface area contributed by atoms with Crippen molar-refractivity contribution in [3.63, 3.8) is 0 Å². The van der Waals surface area contributed by atoms with Gasteiger partial charge in [-0.2, -0.15) is 0 Å². The third-order valence-electron chi connectivity index (χ3n) is 5.15. The standard InChI is InChI=1S/C17H18N2O4/c20-15(12-3-1-8-23-12)18-6-2-7-19-16(21)13-10-4-5-11(9-10)14(13)17(19)22/h1,3-5,8,10-11,13-14H,2,6-7,9H2,(H,18,20)/t10-,11-,13-,14+/m0/s1. The van der Waals surface area contributed by atoms with E-state index in [2.05, 4.69) is 17.5 Å². The molecule has 1 saturated carbocycles. The first-order valence-electron chi connectivity index (χ1n) is 8.02. The average molecular weight is 314 g/mol. The predicted octanol–water partition coefficient (Wildman–Crippen LogP) is 1.21. The summed E-state index contributed by atoms with van der Waals surface area (Å²) in [5, 5.41) is 2.72. The number of rotatable bonds is 5. The van der Waals surface area contributed by atoms with Crippen LogP contribution in [0.5, 0.6) is 0 Å². The molecule has 1 N–H and O–H groups in total. The van der Waals surface area contributed by atoms with Gasteiger partial charge in [0.15, 0.2) is 5.76 Å². The number of imide groups is 1. The smallest absolute Gasteiger partial charge is 0.286 e. The van der Waals surface area contributed by atoms with Crippen LogP contribution in [0.4, 0.5) is 0 Å². The molecule has 1 saturated heterocycles. The van der Waals surface area contributed by atoms with Crippen LogP contribution < -0.4 is 5.32 Å². The van der Waals surface area contributed by atoms with E-state index in [1.165, 1.54) is 11.2 Å². The fourth-order valence-electron chi connectivity index (χ4n) is 4.12. The van der Waals surface area contributed by atoms with Crippen LogP contribution in [-0.4, -0.2) is 35.7 Å². The summed E-state index contributed by atoms with van der Waals surface area (Å²) in [6, 6.07) is 3.24. The minimum Gasteiger partial charge on any atom is -0.459 e. The molecule has 1 aliphatic heterocycles. The zero-order valence-corrected chi connectivity index (χ0v) is 12.6. The fraction of sp³-hybridized carbons (Fsp3) is 0.471. The van der Waals surface area contributed by atoms with Crippen LogP contribution in [0.25, 0.3) is 0 Å². The summed E-state index contributed by atoms with van der Waals surface area (Å²) >= 11 is 0. The minimum atomic E-state index is -0.284. The Morgan fingerprint density at radius 3 is 2.52 bits per heavy atom. The van der Waals surface area contributed by atoms with E-state index in [4.69, 9.17) is 4.42 Å². The number of allylic oxidation sites excluding steroid dienone is 2. The molecule has 0 spiro atoms. The van der Waals surface area contributed by atoms with Gasteiger partial charge in [-0.1, -0.05) is 12.2 Å². The van der Waals surface area contributed by atoms with E-state index in [-0.39, 0.29) is 47.2 Å². The maximum atomic E-state index is 12.5. The zero-order valence-electron chi connectivity index (χ0n) is 12.6. The van der Waals surface area contributed by atoms with Gasteiger partial charge >= 0.3 is 0 Å². The van der Waals surface area contributed by atoms with Crippen LogP contribution in [0.15, 0.2) is 35.0 Å². The summed E-state index contributed by atoms with van der Waals surface area (Å²) in [5.41, 5.74) is 0. The van der Waals surface area contributed by atoms with E-state index in [1.807, 2.05) is 0 Å². The first-order valence-corrected chi connectivity index (χ1v) is 8.02. The van der Waals surface area contributed by atoms with Crippen LogP contribution in [0.3, 0.4) is 0 Å². The highest BCUT2D eigenvalue weighted by Crippen LogP contribution is 2.52. The third-order valence-corrected chi connectivity index (χ3v) is 5.15. The van der Waals surface area contributed by atoms with E-state index >= 15 is 0 Å². The molecular formula is C17H18N2O4. The summed E-state index contributed by atoms with van der Waals surface area (Å²) in [6.45, 7) is 0.763. The van der Waals surface area contributed by atoms with Crippen molar-refractivity contribution in [3.8, 4) is 0 Å². The van der Waals surface area contributed by atoms with Gasteiger partial charge in [-0.3, -0.25) is 19.3 Å². The summed E-state index contributed by atoms with van der Waals surface area (Å²) in [5.74, 6) is 0.104. The normalized spacial score (nSPS) is 31.0. The van der Waals surface area contributed by atoms with Gasteiger partial charge < -0.3 is 9.73 Å². The Labute approximate surface area is 133 Å². The molecule has 6 nitrogen and oxygen atoms in total. The molecule has 2 fully saturated rings. The quantitative estimate of drug-likeness (QED) is 0.503. The Morgan fingerprint density at radius 2 is 1.91 bits per heavy atom. The van der Waals surface area contributed by atoms with Crippen molar-refractivity contribution in [3.05, 3.63) is 36.3 Å². The molecule has 2 aliphatic carbocycles. The lowest BCUT2D eigenvalue weighted by atomic mass is 9.85. The first kappa shape index (κ1) is 14.2. The molecule has 2 bridgehead atoms. The van der Waals surface area contributed by atoms with Crippen LogP contribution in [-0.2, 0) is 9.59 Å². The number of nitrogens with one attached hydrogen (secondary N) is 1. The lowest BCUT2D eigenvalue weighted by molar-refractivity contribution is -0.140. The second-order valence-corrected chi connectivity index (χ2v) is 6.41. The predicted molar refractivity (Wildman–Crippen MR) is 80.1 cm³/mol. The molecule has 120 valence electrons. The number of fused-ring (bicyclic) bond motifs is 5. The Hall–Kier alpha value is -2.37. The van der Waals surface area contributed by atoms with Crippen LogP contribution >= 0.6 is 0 Å². The Bertz CT molecular complexity index is 649. The number of carbonyl (C=O) groups excluding carboxylic acids is 3. The minimum absolute atomic E-state index is 0.0331. The first-order chi connectivity index (χ1) is 11.2. The lowest BCUT2D eigenvalue weighted by Crippen LogP contribution is -2.35. The molecule has 2 heterocycles. The Balaban J connectivity index is 1.30. The third kappa shape index (κ3) is 2.20. The van der Waals surface area contributed by atoms with Crippen molar-refractivity contribution >= 4 is 17.7 Å². The molecule has 4 rings (SSSR count). The van der Waals surface area contributed by atoms with Crippen molar-refractivity contribution in [2.45, 2.75) is 12.8 Å². The van der Waals surface area contributed by atoms with Crippen molar-refractivity contribution in [1.82, 2.24) is 10.2 Å². The highest BCUT2D eigenvalue weighted by molar-refractivity contribution is 6.06. The van der Waals surface area contributed by atoms with Gasteiger partial charge in [0, 0.05) is 13.1 Å². The topological polar surface area (TPSA) is 79.6 Å². The van der Waals surface area contributed by atoms with Crippen molar-refractivity contribution in [1.29, 1.82) is 0 Å². The van der Waals surface area contributed by atoms with Gasteiger partial charge in [0.25, 0.3) is 5.91 Å². The van der Waals surface area contributed by atoms with Gasteiger partial charge in [0.1, 0.15) is 0 Å². The highest BCUT2D eigenvalue weighted by atomic mass is 16.3. The maximum Gasteiger partial charge on any atom is 0.286 e. The van der Waals surface area contributed by atoms with Gasteiger partial charge in [0.2, 0.25) is 11.8 Å². The van der Waals surface area contributed by atoms with Crippen molar-refractivity contribution < 1.29 is 18.8 Å². The molecule has 4 atom stereocenters. The SMILES string of the molecule is O=C(NCCCN1C(=O)[C@@H]2[C@H](C1=O)[C@H]1C=C[C@H]2C1)c1ccco1. The second kappa shape index (κ2) is 5.37.